The van der Waals surface area contributed by atoms with Crippen molar-refractivity contribution in [1.29, 1.82) is 0 Å². The third-order valence-corrected chi connectivity index (χ3v) is 4.31. The summed E-state index contributed by atoms with van der Waals surface area (Å²) < 4.78 is 20.2. The Morgan fingerprint density at radius 3 is 2.15 bits per heavy atom. The molecule has 1 N–H and O–H groups in total. The van der Waals surface area contributed by atoms with Crippen molar-refractivity contribution in [2.24, 2.45) is 0 Å². The number of benzene rings is 2. The number of rotatable bonds is 10. The summed E-state index contributed by atoms with van der Waals surface area (Å²) in [6.07, 6.45) is -0.617. The highest BCUT2D eigenvalue weighted by molar-refractivity contribution is 6.25. The van der Waals surface area contributed by atoms with E-state index in [1.807, 2.05) is 60.7 Å². The molecule has 27 heavy (non-hydrogen) atoms. The Morgan fingerprint density at radius 2 is 1.67 bits per heavy atom. The zero-order valence-electron chi connectivity index (χ0n) is 15.5. The molecule has 5 nitrogen and oxygen atoms in total. The van der Waals surface area contributed by atoms with Gasteiger partial charge in [0.05, 0.1) is 11.6 Å². The fraction of sp³-hybridized carbons (Fsp3) is 0.333. The first-order valence-corrected chi connectivity index (χ1v) is 8.75. The highest BCUT2D eigenvalue weighted by atomic mass is 19.1. The van der Waals surface area contributed by atoms with Gasteiger partial charge in [-0.15, -0.1) is 0 Å². The summed E-state index contributed by atoms with van der Waals surface area (Å²) in [6.45, 7) is 2.87. The van der Waals surface area contributed by atoms with Gasteiger partial charge in [0, 0.05) is 6.54 Å². The number of nitrogens with zero attached hydrogens (tertiary/aromatic N) is 2. The lowest BCUT2D eigenvalue weighted by atomic mass is 9.97. The van der Waals surface area contributed by atoms with Crippen molar-refractivity contribution in [3.63, 3.8) is 0 Å². The van der Waals surface area contributed by atoms with Crippen LogP contribution in [0.3, 0.4) is 0 Å². The maximum absolute atomic E-state index is 14.8. The molecule has 0 aliphatic heterocycles. The van der Waals surface area contributed by atoms with Gasteiger partial charge in [-0.3, -0.25) is 4.79 Å². The maximum Gasteiger partial charge on any atom is 0.325 e. The van der Waals surface area contributed by atoms with Gasteiger partial charge in [-0.05, 0) is 25.0 Å². The van der Waals surface area contributed by atoms with E-state index >= 15 is 0 Å². The first-order chi connectivity index (χ1) is 12.9. The fourth-order valence-corrected chi connectivity index (χ4v) is 2.64. The molecule has 6 heteroatoms. The number of halogens is 1. The zero-order valence-corrected chi connectivity index (χ0v) is 15.5. The number of nitrogens with one attached hydrogen (secondary N) is 1. The Hall–Kier alpha value is -2.66. The van der Waals surface area contributed by atoms with Gasteiger partial charge in [0.2, 0.25) is 0 Å². The maximum atomic E-state index is 14.8. The molecule has 1 unspecified atom stereocenters. The van der Waals surface area contributed by atoms with Gasteiger partial charge in [-0.1, -0.05) is 60.7 Å². The largest absolute Gasteiger partial charge is 0.364 e. The first-order valence-electron chi connectivity index (χ1n) is 8.75. The summed E-state index contributed by atoms with van der Waals surface area (Å²) in [4.78, 5) is 14.0. The number of carbonyl (C=O) groups is 1. The number of Topliss-reactive ketones (excluding diaryl/α,β-unsaturated/α-hetero) is 1. The SMILES string of the molecule is CC(C)(OCC(=O)C=[N+]=[N-])C(F)CNC(c1ccccc1)c1ccccc1. The van der Waals surface area contributed by atoms with Gasteiger partial charge in [-0.2, -0.15) is 4.79 Å². The molecule has 142 valence electrons. The third kappa shape index (κ3) is 6.22. The molecule has 0 aliphatic rings. The molecule has 2 aromatic rings. The molecule has 0 aromatic heterocycles. The van der Waals surface area contributed by atoms with Crippen LogP contribution in [0.4, 0.5) is 4.39 Å². The standard InChI is InChI=1S/C21H24FN3O2/c1-21(2,27-15-18(26)13-25-23)19(22)14-24-20(16-9-5-3-6-10-16)17-11-7-4-8-12-17/h3-13,19-20,24H,14-15H2,1-2H3. The van der Waals surface area contributed by atoms with Crippen molar-refractivity contribution in [2.45, 2.75) is 31.7 Å². The molecule has 0 fully saturated rings. The van der Waals surface area contributed by atoms with E-state index in [1.54, 1.807) is 13.8 Å². The Balaban J connectivity index is 2.05. The van der Waals surface area contributed by atoms with E-state index in [-0.39, 0.29) is 19.2 Å². The summed E-state index contributed by atoms with van der Waals surface area (Å²) in [7, 11) is 0. The number of carbonyl (C=O) groups excluding carboxylic acids is 1. The molecule has 0 aliphatic carbocycles. The number of ether oxygens (including phenoxy) is 1. The third-order valence-electron chi connectivity index (χ3n) is 4.31. The van der Waals surface area contributed by atoms with Crippen LogP contribution in [0.2, 0.25) is 0 Å². The second-order valence-electron chi connectivity index (χ2n) is 6.73. The first kappa shape index (κ1) is 20.6. The predicted octanol–water partition coefficient (Wildman–Crippen LogP) is 3.37. The van der Waals surface area contributed by atoms with Gasteiger partial charge >= 0.3 is 6.21 Å². The monoisotopic (exact) mass is 369 g/mol. The van der Waals surface area contributed by atoms with Crippen LogP contribution in [-0.2, 0) is 9.53 Å². The minimum absolute atomic E-state index is 0.0454. The van der Waals surface area contributed by atoms with Gasteiger partial charge < -0.3 is 15.6 Å². The van der Waals surface area contributed by atoms with Crippen molar-refractivity contribution in [2.75, 3.05) is 13.2 Å². The lowest BCUT2D eigenvalue weighted by molar-refractivity contribution is -0.130. The van der Waals surface area contributed by atoms with Crippen molar-refractivity contribution < 1.29 is 18.7 Å². The van der Waals surface area contributed by atoms with Crippen LogP contribution < -0.4 is 5.32 Å². The van der Waals surface area contributed by atoms with E-state index in [0.29, 0.717) is 0 Å². The molecular formula is C21H24FN3O2. The van der Waals surface area contributed by atoms with E-state index in [2.05, 4.69) is 10.1 Å². The number of hydrogen-bond donors (Lipinski definition) is 1. The minimum atomic E-state index is -1.36. The van der Waals surface area contributed by atoms with E-state index in [0.717, 1.165) is 17.3 Å². The number of ketones is 1. The summed E-state index contributed by atoms with van der Waals surface area (Å²) in [5.74, 6) is -0.530. The number of hydrogen-bond acceptors (Lipinski definition) is 3. The minimum Gasteiger partial charge on any atom is -0.364 e. The van der Waals surface area contributed by atoms with Crippen LogP contribution >= 0.6 is 0 Å². The van der Waals surface area contributed by atoms with Gasteiger partial charge in [0.25, 0.3) is 5.78 Å². The molecule has 1 atom stereocenters. The second-order valence-corrected chi connectivity index (χ2v) is 6.73. The molecule has 0 radical (unpaired) electrons. The molecule has 0 spiro atoms. The predicted molar refractivity (Wildman–Crippen MR) is 102 cm³/mol. The van der Waals surface area contributed by atoms with Crippen LogP contribution in [-0.4, -0.2) is 41.7 Å². The van der Waals surface area contributed by atoms with Crippen LogP contribution in [0.1, 0.15) is 31.0 Å². The summed E-state index contributed by atoms with van der Waals surface area (Å²) in [5.41, 5.74) is 9.23. The van der Waals surface area contributed by atoms with Crippen LogP contribution in [0, 0.1) is 0 Å². The Bertz CT molecular complexity index is 735. The summed E-state index contributed by atoms with van der Waals surface area (Å²) in [6, 6.07) is 19.5. The smallest absolute Gasteiger partial charge is 0.325 e. The Kier molecular flexibility index (Phi) is 7.55. The van der Waals surface area contributed by atoms with E-state index in [4.69, 9.17) is 10.3 Å². The molecule has 0 heterocycles. The van der Waals surface area contributed by atoms with Crippen LogP contribution in [0.15, 0.2) is 60.7 Å². The van der Waals surface area contributed by atoms with Gasteiger partial charge in [0.15, 0.2) is 0 Å². The average molecular weight is 369 g/mol. The van der Waals surface area contributed by atoms with Crippen molar-refractivity contribution in [1.82, 2.24) is 5.32 Å². The average Bonchev–Trinajstić information content (AvgIpc) is 2.68. The van der Waals surface area contributed by atoms with E-state index < -0.39 is 17.6 Å². The highest BCUT2D eigenvalue weighted by Crippen LogP contribution is 2.24. The van der Waals surface area contributed by atoms with Crippen molar-refractivity contribution >= 4 is 12.0 Å². The quantitative estimate of drug-likeness (QED) is 0.396. The van der Waals surface area contributed by atoms with Crippen molar-refractivity contribution in [3.8, 4) is 0 Å². The molecule has 0 saturated carbocycles. The molecule has 2 rings (SSSR count). The molecule has 0 bridgehead atoms. The summed E-state index contributed by atoms with van der Waals surface area (Å²) >= 11 is 0. The summed E-state index contributed by atoms with van der Waals surface area (Å²) in [5, 5.41) is 3.26. The fourth-order valence-electron chi connectivity index (χ4n) is 2.64. The molecule has 0 saturated heterocycles. The van der Waals surface area contributed by atoms with Gasteiger partial charge in [0.1, 0.15) is 12.8 Å². The lowest BCUT2D eigenvalue weighted by Crippen LogP contribution is -2.44. The highest BCUT2D eigenvalue weighted by Gasteiger charge is 2.32. The van der Waals surface area contributed by atoms with E-state index in [9.17, 15) is 9.18 Å². The van der Waals surface area contributed by atoms with Crippen LogP contribution in [0.25, 0.3) is 5.53 Å². The molecule has 2 aromatic carbocycles. The number of alkyl halides is 1. The second kappa shape index (κ2) is 9.88. The normalized spacial score (nSPS) is 12.4. The van der Waals surface area contributed by atoms with E-state index in [1.165, 1.54) is 0 Å². The van der Waals surface area contributed by atoms with Gasteiger partial charge in [-0.25, -0.2) is 4.39 Å². The Labute approximate surface area is 158 Å². The molecular weight excluding hydrogens is 345 g/mol. The van der Waals surface area contributed by atoms with Crippen molar-refractivity contribution in [3.05, 3.63) is 77.3 Å². The van der Waals surface area contributed by atoms with Crippen LogP contribution in [0.5, 0.6) is 0 Å². The lowest BCUT2D eigenvalue weighted by Gasteiger charge is -2.30. The Morgan fingerprint density at radius 1 is 1.15 bits per heavy atom. The zero-order chi connectivity index (χ0) is 19.7. The topological polar surface area (TPSA) is 74.7 Å². The molecule has 0 amide bonds.